The minimum absolute atomic E-state index is 0.100. The highest BCUT2D eigenvalue weighted by atomic mass is 32.2. The molecule has 0 radical (unpaired) electrons. The van der Waals surface area contributed by atoms with Crippen molar-refractivity contribution in [2.24, 2.45) is 0 Å². The Balaban J connectivity index is 2.20. The van der Waals surface area contributed by atoms with Crippen LogP contribution in [0.1, 0.15) is 10.4 Å². The highest BCUT2D eigenvalue weighted by molar-refractivity contribution is 7.90. The second kappa shape index (κ2) is 5.92. The van der Waals surface area contributed by atoms with Crippen LogP contribution in [0.5, 0.6) is 5.88 Å². The van der Waals surface area contributed by atoms with Crippen molar-refractivity contribution in [1.29, 1.82) is 0 Å². The number of nitrogens with zero attached hydrogens (tertiary/aromatic N) is 1. The lowest BCUT2D eigenvalue weighted by molar-refractivity contribution is 0.102. The van der Waals surface area contributed by atoms with Crippen LogP contribution < -0.4 is 10.1 Å². The molecule has 0 spiro atoms. The van der Waals surface area contributed by atoms with Gasteiger partial charge in [-0.1, -0.05) is 6.07 Å². The van der Waals surface area contributed by atoms with Gasteiger partial charge in [0, 0.05) is 17.9 Å². The molecule has 0 saturated heterocycles. The number of pyridine rings is 1. The molecule has 1 amide bonds. The molecular weight excluding hydrogens is 292 g/mol. The molecule has 0 bridgehead atoms. The molecule has 1 N–H and O–H groups in total. The van der Waals surface area contributed by atoms with Gasteiger partial charge in [0.1, 0.15) is 0 Å². The number of anilines is 1. The number of methoxy groups -OCH3 is 1. The maximum Gasteiger partial charge on any atom is 0.255 e. The molecule has 1 aromatic heterocycles. The Morgan fingerprint density at radius 1 is 1.24 bits per heavy atom. The van der Waals surface area contributed by atoms with Crippen LogP contribution in [-0.2, 0) is 9.84 Å². The molecule has 110 valence electrons. The molecule has 0 fully saturated rings. The Bertz CT molecular complexity index is 755. The van der Waals surface area contributed by atoms with Gasteiger partial charge in [-0.2, -0.15) is 0 Å². The Morgan fingerprint density at radius 2 is 2.00 bits per heavy atom. The number of rotatable bonds is 4. The predicted octanol–water partition coefficient (Wildman–Crippen LogP) is 1.75. The van der Waals surface area contributed by atoms with Crippen molar-refractivity contribution < 1.29 is 17.9 Å². The van der Waals surface area contributed by atoms with Crippen LogP contribution in [0.2, 0.25) is 0 Å². The van der Waals surface area contributed by atoms with E-state index < -0.39 is 15.7 Å². The van der Waals surface area contributed by atoms with Gasteiger partial charge in [-0.15, -0.1) is 0 Å². The molecule has 6 nitrogen and oxygen atoms in total. The first-order chi connectivity index (χ1) is 9.90. The molecule has 2 rings (SSSR count). The molecular formula is C14H14N2O4S. The molecule has 0 unspecified atom stereocenters. The highest BCUT2D eigenvalue weighted by Gasteiger charge is 2.12. The fourth-order valence-corrected chi connectivity index (χ4v) is 2.31. The molecule has 21 heavy (non-hydrogen) atoms. The number of amides is 1. The largest absolute Gasteiger partial charge is 0.481 e. The van der Waals surface area contributed by atoms with Gasteiger partial charge in [0.25, 0.3) is 5.91 Å². The first-order valence-electron chi connectivity index (χ1n) is 6.01. The average Bonchev–Trinajstić information content (AvgIpc) is 2.47. The summed E-state index contributed by atoms with van der Waals surface area (Å²) in [6.07, 6.45) is 2.55. The van der Waals surface area contributed by atoms with Crippen molar-refractivity contribution >= 4 is 21.4 Å². The summed E-state index contributed by atoms with van der Waals surface area (Å²) >= 11 is 0. The van der Waals surface area contributed by atoms with Crippen molar-refractivity contribution in [3.05, 3.63) is 48.2 Å². The molecule has 2 aromatic rings. The summed E-state index contributed by atoms with van der Waals surface area (Å²) in [6, 6.07) is 9.11. The van der Waals surface area contributed by atoms with E-state index in [1.54, 1.807) is 18.2 Å². The highest BCUT2D eigenvalue weighted by Crippen LogP contribution is 2.15. The third-order valence-electron chi connectivity index (χ3n) is 2.73. The van der Waals surface area contributed by atoms with E-state index in [4.69, 9.17) is 4.74 Å². The van der Waals surface area contributed by atoms with E-state index in [9.17, 15) is 13.2 Å². The smallest absolute Gasteiger partial charge is 0.255 e. The molecule has 1 heterocycles. The quantitative estimate of drug-likeness (QED) is 0.930. The van der Waals surface area contributed by atoms with Crippen LogP contribution >= 0.6 is 0 Å². The third-order valence-corrected chi connectivity index (χ3v) is 3.84. The van der Waals surface area contributed by atoms with Crippen LogP contribution in [-0.4, -0.2) is 32.7 Å². The second-order valence-electron chi connectivity index (χ2n) is 4.34. The number of carbonyl (C=O) groups excluding carboxylic acids is 1. The van der Waals surface area contributed by atoms with Gasteiger partial charge in [-0.25, -0.2) is 13.4 Å². The topological polar surface area (TPSA) is 85.4 Å². The molecule has 7 heteroatoms. The monoisotopic (exact) mass is 306 g/mol. The summed E-state index contributed by atoms with van der Waals surface area (Å²) in [5.41, 5.74) is 0.749. The van der Waals surface area contributed by atoms with E-state index >= 15 is 0 Å². The zero-order chi connectivity index (χ0) is 15.5. The molecule has 0 aliphatic heterocycles. The van der Waals surface area contributed by atoms with Gasteiger partial charge in [0.15, 0.2) is 9.84 Å². The van der Waals surface area contributed by atoms with Crippen molar-refractivity contribution in [3.8, 4) is 5.88 Å². The Hall–Kier alpha value is -2.41. The first-order valence-corrected chi connectivity index (χ1v) is 7.91. The number of sulfone groups is 1. The van der Waals surface area contributed by atoms with Crippen molar-refractivity contribution in [3.63, 3.8) is 0 Å². The van der Waals surface area contributed by atoms with Gasteiger partial charge >= 0.3 is 0 Å². The van der Waals surface area contributed by atoms with Gasteiger partial charge in [-0.05, 0) is 24.3 Å². The average molecular weight is 306 g/mol. The van der Waals surface area contributed by atoms with E-state index in [-0.39, 0.29) is 10.5 Å². The van der Waals surface area contributed by atoms with E-state index in [0.717, 1.165) is 6.26 Å². The van der Waals surface area contributed by atoms with Gasteiger partial charge in [0.05, 0.1) is 23.9 Å². The van der Waals surface area contributed by atoms with Crippen molar-refractivity contribution in [2.75, 3.05) is 18.7 Å². The number of hydrogen-bond acceptors (Lipinski definition) is 5. The van der Waals surface area contributed by atoms with Crippen LogP contribution in [0, 0.1) is 0 Å². The predicted molar refractivity (Wildman–Crippen MR) is 78.3 cm³/mol. The van der Waals surface area contributed by atoms with Gasteiger partial charge in [-0.3, -0.25) is 4.79 Å². The van der Waals surface area contributed by atoms with Gasteiger partial charge in [0.2, 0.25) is 5.88 Å². The fraction of sp³-hybridized carbons (Fsp3) is 0.143. The standard InChI is InChI=1S/C14H14N2O4S/c1-20-13-7-6-11(9-15-13)16-14(17)10-4-3-5-12(8-10)21(2,18)19/h3-9H,1-2H3,(H,16,17). The second-order valence-corrected chi connectivity index (χ2v) is 6.36. The number of nitrogens with one attached hydrogen (secondary N) is 1. The van der Waals surface area contributed by atoms with Crippen LogP contribution in [0.4, 0.5) is 5.69 Å². The summed E-state index contributed by atoms with van der Waals surface area (Å²) in [5.74, 6) is 0.0274. The number of benzene rings is 1. The van der Waals surface area contributed by atoms with E-state index in [2.05, 4.69) is 10.3 Å². The fourth-order valence-electron chi connectivity index (χ4n) is 1.65. The number of hydrogen-bond donors (Lipinski definition) is 1. The minimum Gasteiger partial charge on any atom is -0.481 e. The van der Waals surface area contributed by atoms with E-state index in [1.807, 2.05) is 0 Å². The SMILES string of the molecule is COc1ccc(NC(=O)c2cccc(S(C)(=O)=O)c2)cn1. The maximum absolute atomic E-state index is 12.1. The Labute approximate surface area is 122 Å². The molecule has 1 aromatic carbocycles. The zero-order valence-electron chi connectivity index (χ0n) is 11.5. The summed E-state index contributed by atoms with van der Waals surface area (Å²) < 4.78 is 27.9. The summed E-state index contributed by atoms with van der Waals surface area (Å²) in [5, 5.41) is 2.64. The lowest BCUT2D eigenvalue weighted by Gasteiger charge is -2.06. The van der Waals surface area contributed by atoms with Crippen LogP contribution in [0.25, 0.3) is 0 Å². The maximum atomic E-state index is 12.1. The summed E-state index contributed by atoms with van der Waals surface area (Å²) in [7, 11) is -1.85. The molecule has 0 atom stereocenters. The van der Waals surface area contributed by atoms with Crippen molar-refractivity contribution in [2.45, 2.75) is 4.90 Å². The number of carbonyl (C=O) groups is 1. The van der Waals surface area contributed by atoms with Crippen molar-refractivity contribution in [1.82, 2.24) is 4.98 Å². The zero-order valence-corrected chi connectivity index (χ0v) is 12.3. The molecule has 0 aliphatic carbocycles. The minimum atomic E-state index is -3.35. The third kappa shape index (κ3) is 3.79. The molecule has 0 saturated carbocycles. The Kier molecular flexibility index (Phi) is 4.23. The van der Waals surface area contributed by atoms with Crippen LogP contribution in [0.15, 0.2) is 47.5 Å². The van der Waals surface area contributed by atoms with Gasteiger partial charge < -0.3 is 10.1 Å². The lowest BCUT2D eigenvalue weighted by Crippen LogP contribution is -2.12. The first kappa shape index (κ1) is 15.0. The molecule has 0 aliphatic rings. The summed E-state index contributed by atoms with van der Waals surface area (Å²) in [4.78, 5) is 16.2. The number of ether oxygens (including phenoxy) is 1. The Morgan fingerprint density at radius 3 is 2.57 bits per heavy atom. The van der Waals surface area contributed by atoms with Crippen LogP contribution in [0.3, 0.4) is 0 Å². The lowest BCUT2D eigenvalue weighted by atomic mass is 10.2. The number of aromatic nitrogens is 1. The van der Waals surface area contributed by atoms with E-state index in [1.165, 1.54) is 31.5 Å². The van der Waals surface area contributed by atoms with E-state index in [0.29, 0.717) is 11.6 Å². The summed E-state index contributed by atoms with van der Waals surface area (Å²) in [6.45, 7) is 0. The normalized spacial score (nSPS) is 11.0.